The van der Waals surface area contributed by atoms with E-state index < -0.39 is 0 Å². The lowest BCUT2D eigenvalue weighted by molar-refractivity contribution is 0.147. The number of likely N-dealkylation sites (N-methyl/N-ethyl adjacent to an activating group) is 1. The number of piperazine rings is 1. The van der Waals surface area contributed by atoms with E-state index in [1.807, 2.05) is 0 Å². The second-order valence-electron chi connectivity index (χ2n) is 7.15. The zero-order chi connectivity index (χ0) is 14.9. The first kappa shape index (κ1) is 15.3. The summed E-state index contributed by atoms with van der Waals surface area (Å²) in [5, 5.41) is 10.6. The zero-order valence-electron chi connectivity index (χ0n) is 13.5. The second-order valence-corrected chi connectivity index (χ2v) is 7.15. The molecule has 0 spiro atoms. The Kier molecular flexibility index (Phi) is 4.40. The monoisotopic (exact) mass is 276 g/mol. The Bertz CT molecular complexity index is 469. The van der Waals surface area contributed by atoms with Gasteiger partial charge in [0.05, 0.1) is 0 Å². The number of benzene rings is 1. The van der Waals surface area contributed by atoms with Gasteiger partial charge in [-0.05, 0) is 24.9 Å². The van der Waals surface area contributed by atoms with E-state index in [1.54, 1.807) is 0 Å². The van der Waals surface area contributed by atoms with Gasteiger partial charge in [-0.15, -0.1) is 0 Å². The largest absolute Gasteiger partial charge is 0.507 e. The van der Waals surface area contributed by atoms with Gasteiger partial charge < -0.3 is 10.0 Å². The minimum absolute atomic E-state index is 0.0209. The van der Waals surface area contributed by atoms with Crippen molar-refractivity contribution >= 4 is 0 Å². The average Bonchev–Trinajstić information content (AvgIpc) is 2.35. The van der Waals surface area contributed by atoms with Crippen LogP contribution in [0.4, 0.5) is 0 Å². The van der Waals surface area contributed by atoms with Gasteiger partial charge in [0.15, 0.2) is 0 Å². The third-order valence-corrected chi connectivity index (χ3v) is 4.13. The molecule has 1 aromatic carbocycles. The van der Waals surface area contributed by atoms with Crippen LogP contribution in [0.1, 0.15) is 37.5 Å². The highest BCUT2D eigenvalue weighted by Crippen LogP contribution is 2.35. The standard InChI is InChI=1S/C17H28N2O/c1-13-10-14(12-19-8-6-18(5)7-9-19)16(20)15(11-13)17(2,3)4/h10-11,20H,6-9,12H2,1-5H3. The number of rotatable bonds is 2. The summed E-state index contributed by atoms with van der Waals surface area (Å²) in [7, 11) is 2.17. The molecule has 3 nitrogen and oxygen atoms in total. The smallest absolute Gasteiger partial charge is 0.123 e. The summed E-state index contributed by atoms with van der Waals surface area (Å²) in [5.74, 6) is 0.488. The van der Waals surface area contributed by atoms with Crippen LogP contribution in [-0.2, 0) is 12.0 Å². The molecule has 0 aromatic heterocycles. The van der Waals surface area contributed by atoms with E-state index in [2.05, 4.69) is 56.7 Å². The topological polar surface area (TPSA) is 26.7 Å². The summed E-state index contributed by atoms with van der Waals surface area (Å²) in [6.07, 6.45) is 0. The van der Waals surface area contributed by atoms with Gasteiger partial charge in [0, 0.05) is 38.3 Å². The molecule has 20 heavy (non-hydrogen) atoms. The Balaban J connectivity index is 2.21. The summed E-state index contributed by atoms with van der Waals surface area (Å²) in [6, 6.07) is 4.24. The summed E-state index contributed by atoms with van der Waals surface area (Å²) >= 11 is 0. The van der Waals surface area contributed by atoms with Crippen molar-refractivity contribution in [3.05, 3.63) is 28.8 Å². The minimum Gasteiger partial charge on any atom is -0.507 e. The van der Waals surface area contributed by atoms with E-state index in [0.29, 0.717) is 5.75 Å². The fraction of sp³-hybridized carbons (Fsp3) is 0.647. The predicted octanol–water partition coefficient (Wildman–Crippen LogP) is 2.75. The summed E-state index contributed by atoms with van der Waals surface area (Å²) in [6.45, 7) is 13.8. The molecule has 1 fully saturated rings. The summed E-state index contributed by atoms with van der Waals surface area (Å²) in [4.78, 5) is 4.79. The van der Waals surface area contributed by atoms with Crippen molar-refractivity contribution in [3.8, 4) is 5.75 Å². The molecule has 0 radical (unpaired) electrons. The maximum atomic E-state index is 10.6. The van der Waals surface area contributed by atoms with E-state index in [0.717, 1.165) is 43.9 Å². The minimum atomic E-state index is -0.0209. The van der Waals surface area contributed by atoms with Gasteiger partial charge in [0.1, 0.15) is 5.75 Å². The van der Waals surface area contributed by atoms with Crippen molar-refractivity contribution in [1.29, 1.82) is 0 Å². The second kappa shape index (κ2) is 5.74. The SMILES string of the molecule is Cc1cc(CN2CCN(C)CC2)c(O)c(C(C)(C)C)c1. The Morgan fingerprint density at radius 2 is 1.70 bits per heavy atom. The lowest BCUT2D eigenvalue weighted by atomic mass is 9.84. The van der Waals surface area contributed by atoms with Gasteiger partial charge >= 0.3 is 0 Å². The molecule has 1 saturated heterocycles. The first-order chi connectivity index (χ1) is 9.27. The van der Waals surface area contributed by atoms with E-state index >= 15 is 0 Å². The average molecular weight is 276 g/mol. The zero-order valence-corrected chi connectivity index (χ0v) is 13.5. The maximum absolute atomic E-state index is 10.6. The number of aryl methyl sites for hydroxylation is 1. The van der Waals surface area contributed by atoms with Gasteiger partial charge in [-0.25, -0.2) is 0 Å². The van der Waals surface area contributed by atoms with E-state index in [-0.39, 0.29) is 5.41 Å². The molecule has 0 atom stereocenters. The fourth-order valence-corrected chi connectivity index (χ4v) is 2.79. The molecular weight excluding hydrogens is 248 g/mol. The number of nitrogens with zero attached hydrogens (tertiary/aromatic N) is 2. The molecule has 0 unspecified atom stereocenters. The molecule has 1 aliphatic heterocycles. The van der Waals surface area contributed by atoms with Crippen LogP contribution in [0.15, 0.2) is 12.1 Å². The summed E-state index contributed by atoms with van der Waals surface area (Å²) < 4.78 is 0. The molecule has 1 heterocycles. The van der Waals surface area contributed by atoms with Gasteiger partial charge in [0.2, 0.25) is 0 Å². The highest BCUT2D eigenvalue weighted by Gasteiger charge is 2.22. The van der Waals surface area contributed by atoms with Crippen molar-refractivity contribution in [2.75, 3.05) is 33.2 Å². The lowest BCUT2D eigenvalue weighted by Gasteiger charge is -2.33. The molecule has 3 heteroatoms. The van der Waals surface area contributed by atoms with Crippen LogP contribution in [0.3, 0.4) is 0 Å². The molecule has 2 rings (SSSR count). The Labute approximate surface area is 123 Å². The fourth-order valence-electron chi connectivity index (χ4n) is 2.79. The molecule has 1 aliphatic rings. The van der Waals surface area contributed by atoms with Gasteiger partial charge in [-0.3, -0.25) is 4.90 Å². The number of aromatic hydroxyl groups is 1. The van der Waals surface area contributed by atoms with Crippen LogP contribution in [0.25, 0.3) is 0 Å². The van der Waals surface area contributed by atoms with Crippen LogP contribution in [-0.4, -0.2) is 48.1 Å². The third kappa shape index (κ3) is 3.53. The summed E-state index contributed by atoms with van der Waals surface area (Å²) in [5.41, 5.74) is 3.34. The molecule has 0 amide bonds. The molecule has 1 N–H and O–H groups in total. The predicted molar refractivity (Wildman–Crippen MR) is 84.3 cm³/mol. The van der Waals surface area contributed by atoms with E-state index in [1.165, 1.54) is 5.56 Å². The molecule has 1 aromatic rings. The first-order valence-electron chi connectivity index (χ1n) is 7.51. The van der Waals surface area contributed by atoms with Crippen molar-refractivity contribution < 1.29 is 5.11 Å². The number of phenolic OH excluding ortho intramolecular Hbond substituents is 1. The van der Waals surface area contributed by atoms with Crippen LogP contribution in [0.2, 0.25) is 0 Å². The first-order valence-corrected chi connectivity index (χ1v) is 7.51. The van der Waals surface area contributed by atoms with Crippen LogP contribution in [0, 0.1) is 6.92 Å². The van der Waals surface area contributed by atoms with Crippen molar-refractivity contribution in [2.45, 2.75) is 39.7 Å². The van der Waals surface area contributed by atoms with Crippen LogP contribution >= 0.6 is 0 Å². The molecule has 112 valence electrons. The Hall–Kier alpha value is -1.06. The van der Waals surface area contributed by atoms with Crippen molar-refractivity contribution in [1.82, 2.24) is 9.80 Å². The number of phenols is 1. The quantitative estimate of drug-likeness (QED) is 0.900. The van der Waals surface area contributed by atoms with E-state index in [4.69, 9.17) is 0 Å². The molecule has 0 bridgehead atoms. The Morgan fingerprint density at radius 3 is 2.25 bits per heavy atom. The van der Waals surface area contributed by atoms with E-state index in [9.17, 15) is 5.11 Å². The van der Waals surface area contributed by atoms with Gasteiger partial charge in [-0.1, -0.05) is 38.5 Å². The highest BCUT2D eigenvalue weighted by atomic mass is 16.3. The van der Waals surface area contributed by atoms with Crippen LogP contribution < -0.4 is 0 Å². The molecular formula is C17H28N2O. The molecule has 0 aliphatic carbocycles. The van der Waals surface area contributed by atoms with Crippen LogP contribution in [0.5, 0.6) is 5.75 Å². The number of hydrogen-bond acceptors (Lipinski definition) is 3. The van der Waals surface area contributed by atoms with Crippen molar-refractivity contribution in [2.24, 2.45) is 0 Å². The maximum Gasteiger partial charge on any atom is 0.123 e. The van der Waals surface area contributed by atoms with Crippen molar-refractivity contribution in [3.63, 3.8) is 0 Å². The Morgan fingerprint density at radius 1 is 1.10 bits per heavy atom. The molecule has 0 saturated carbocycles. The highest BCUT2D eigenvalue weighted by molar-refractivity contribution is 5.46. The number of hydrogen-bond donors (Lipinski definition) is 1. The third-order valence-electron chi connectivity index (χ3n) is 4.13. The van der Waals surface area contributed by atoms with Gasteiger partial charge in [-0.2, -0.15) is 0 Å². The lowest BCUT2D eigenvalue weighted by Crippen LogP contribution is -2.43. The normalized spacial score (nSPS) is 18.4. The van der Waals surface area contributed by atoms with Gasteiger partial charge in [0.25, 0.3) is 0 Å².